The molecule has 2 aromatic rings. The van der Waals surface area contributed by atoms with Crippen LogP contribution < -0.4 is 10.3 Å². The van der Waals surface area contributed by atoms with Crippen LogP contribution in [-0.2, 0) is 6.54 Å². The molecule has 0 spiro atoms. The van der Waals surface area contributed by atoms with E-state index in [4.69, 9.17) is 17.0 Å². The number of H-pyrrole nitrogens is 1. The average molecular weight is 236 g/mol. The summed E-state index contributed by atoms with van der Waals surface area (Å²) in [6.45, 7) is 2.44. The molecule has 0 aliphatic rings. The SMILES string of the molecule is CCn1c(=S)[nH]c2ccc(OC)cc2c1=O. The van der Waals surface area contributed by atoms with Crippen molar-refractivity contribution in [2.24, 2.45) is 0 Å². The van der Waals surface area contributed by atoms with E-state index in [0.29, 0.717) is 22.5 Å². The van der Waals surface area contributed by atoms with Gasteiger partial charge in [-0.1, -0.05) is 0 Å². The second-order valence-corrected chi connectivity index (χ2v) is 3.78. The summed E-state index contributed by atoms with van der Waals surface area (Å²) >= 11 is 5.10. The van der Waals surface area contributed by atoms with Crippen molar-refractivity contribution in [1.82, 2.24) is 9.55 Å². The van der Waals surface area contributed by atoms with Gasteiger partial charge in [-0.05, 0) is 37.3 Å². The Morgan fingerprint density at radius 1 is 1.50 bits per heavy atom. The number of aromatic nitrogens is 2. The number of nitrogens with zero attached hydrogens (tertiary/aromatic N) is 1. The summed E-state index contributed by atoms with van der Waals surface area (Å²) in [5.74, 6) is 0.665. The summed E-state index contributed by atoms with van der Waals surface area (Å²) in [6, 6.07) is 5.31. The van der Waals surface area contributed by atoms with Crippen LogP contribution in [-0.4, -0.2) is 16.7 Å². The van der Waals surface area contributed by atoms with Crippen molar-refractivity contribution in [3.63, 3.8) is 0 Å². The Morgan fingerprint density at radius 2 is 2.25 bits per heavy atom. The molecule has 0 saturated carbocycles. The first-order chi connectivity index (χ1) is 7.67. The summed E-state index contributed by atoms with van der Waals surface area (Å²) in [5, 5.41) is 0.592. The van der Waals surface area contributed by atoms with Gasteiger partial charge in [-0.25, -0.2) is 0 Å². The normalized spacial score (nSPS) is 10.6. The largest absolute Gasteiger partial charge is 0.497 e. The number of fused-ring (bicyclic) bond motifs is 1. The van der Waals surface area contributed by atoms with Crippen molar-refractivity contribution in [2.45, 2.75) is 13.5 Å². The van der Waals surface area contributed by atoms with E-state index in [-0.39, 0.29) is 5.56 Å². The number of nitrogens with one attached hydrogen (secondary N) is 1. The smallest absolute Gasteiger partial charge is 0.262 e. The van der Waals surface area contributed by atoms with Gasteiger partial charge in [0.1, 0.15) is 5.75 Å². The highest BCUT2D eigenvalue weighted by molar-refractivity contribution is 7.71. The Bertz CT molecular complexity index is 642. The third kappa shape index (κ3) is 1.63. The molecule has 1 heterocycles. The molecule has 1 aromatic carbocycles. The van der Waals surface area contributed by atoms with Gasteiger partial charge >= 0.3 is 0 Å². The lowest BCUT2D eigenvalue weighted by atomic mass is 10.2. The summed E-state index contributed by atoms with van der Waals surface area (Å²) in [4.78, 5) is 15.1. The maximum Gasteiger partial charge on any atom is 0.262 e. The number of benzene rings is 1. The Kier molecular flexibility index (Phi) is 2.78. The van der Waals surface area contributed by atoms with Crippen LogP contribution in [0.3, 0.4) is 0 Å². The highest BCUT2D eigenvalue weighted by Crippen LogP contribution is 2.16. The van der Waals surface area contributed by atoms with Crippen molar-refractivity contribution in [1.29, 1.82) is 0 Å². The zero-order chi connectivity index (χ0) is 11.7. The van der Waals surface area contributed by atoms with Gasteiger partial charge in [0.05, 0.1) is 18.0 Å². The van der Waals surface area contributed by atoms with Crippen LogP contribution in [0.4, 0.5) is 0 Å². The van der Waals surface area contributed by atoms with E-state index in [2.05, 4.69) is 4.98 Å². The molecule has 2 rings (SSSR count). The number of hydrogen-bond donors (Lipinski definition) is 1. The Labute approximate surface area is 97.5 Å². The minimum Gasteiger partial charge on any atom is -0.497 e. The van der Waals surface area contributed by atoms with E-state index >= 15 is 0 Å². The van der Waals surface area contributed by atoms with E-state index in [1.165, 1.54) is 4.57 Å². The molecule has 0 amide bonds. The average Bonchev–Trinajstić information content (AvgIpc) is 2.29. The number of ether oxygens (including phenoxy) is 1. The number of methoxy groups -OCH3 is 1. The molecule has 0 aliphatic carbocycles. The molecule has 84 valence electrons. The lowest BCUT2D eigenvalue weighted by molar-refractivity contribution is 0.415. The molecule has 1 N–H and O–H groups in total. The highest BCUT2D eigenvalue weighted by atomic mass is 32.1. The first-order valence-electron chi connectivity index (χ1n) is 4.98. The third-order valence-corrected chi connectivity index (χ3v) is 2.83. The molecular weight excluding hydrogens is 224 g/mol. The Morgan fingerprint density at radius 3 is 2.88 bits per heavy atom. The number of hydrogen-bond acceptors (Lipinski definition) is 3. The van der Waals surface area contributed by atoms with Crippen LogP contribution in [0.2, 0.25) is 0 Å². The van der Waals surface area contributed by atoms with Gasteiger partial charge in [-0.15, -0.1) is 0 Å². The summed E-state index contributed by atoms with van der Waals surface area (Å²) in [5.41, 5.74) is 0.653. The first-order valence-corrected chi connectivity index (χ1v) is 5.39. The molecule has 0 bridgehead atoms. The summed E-state index contributed by atoms with van der Waals surface area (Å²) in [6.07, 6.45) is 0. The van der Waals surface area contributed by atoms with Crippen LogP contribution >= 0.6 is 12.2 Å². The van der Waals surface area contributed by atoms with Crippen molar-refractivity contribution in [3.8, 4) is 5.75 Å². The molecule has 16 heavy (non-hydrogen) atoms. The van der Waals surface area contributed by atoms with Crippen molar-refractivity contribution in [3.05, 3.63) is 33.3 Å². The van der Waals surface area contributed by atoms with Crippen LogP contribution in [0.1, 0.15) is 6.92 Å². The molecule has 0 radical (unpaired) electrons. The molecule has 0 atom stereocenters. The van der Waals surface area contributed by atoms with Gasteiger partial charge in [0.15, 0.2) is 4.77 Å². The maximum atomic E-state index is 12.1. The van der Waals surface area contributed by atoms with E-state index in [9.17, 15) is 4.79 Å². The predicted molar refractivity (Wildman–Crippen MR) is 65.6 cm³/mol. The first kappa shape index (κ1) is 10.9. The maximum absolute atomic E-state index is 12.1. The molecule has 0 saturated heterocycles. The fourth-order valence-electron chi connectivity index (χ4n) is 1.64. The molecule has 5 heteroatoms. The summed E-state index contributed by atoms with van der Waals surface area (Å²) < 4.78 is 7.07. The fourth-order valence-corrected chi connectivity index (χ4v) is 1.97. The standard InChI is InChI=1S/C11H12N2O2S/c1-3-13-10(14)8-6-7(15-2)4-5-9(8)12-11(13)16/h4-6H,3H2,1-2H3,(H,12,16). The Balaban J connectivity index is 2.89. The van der Waals surface area contributed by atoms with Gasteiger partial charge in [0, 0.05) is 6.54 Å². The van der Waals surface area contributed by atoms with Crippen LogP contribution in [0, 0.1) is 4.77 Å². The highest BCUT2D eigenvalue weighted by Gasteiger charge is 2.05. The van der Waals surface area contributed by atoms with Crippen LogP contribution in [0.5, 0.6) is 5.75 Å². The van der Waals surface area contributed by atoms with Gasteiger partial charge in [0.2, 0.25) is 0 Å². The summed E-state index contributed by atoms with van der Waals surface area (Å²) in [7, 11) is 1.57. The lowest BCUT2D eigenvalue weighted by Crippen LogP contribution is -2.21. The minimum absolute atomic E-state index is 0.0832. The Hall–Kier alpha value is -1.62. The zero-order valence-corrected chi connectivity index (χ0v) is 9.93. The molecular formula is C11H12N2O2S. The van der Waals surface area contributed by atoms with Gasteiger partial charge in [-0.2, -0.15) is 0 Å². The van der Waals surface area contributed by atoms with Crippen LogP contribution in [0.15, 0.2) is 23.0 Å². The zero-order valence-electron chi connectivity index (χ0n) is 9.11. The predicted octanol–water partition coefficient (Wildman–Crippen LogP) is 2.09. The van der Waals surface area contributed by atoms with E-state index in [0.717, 1.165) is 5.52 Å². The number of rotatable bonds is 2. The van der Waals surface area contributed by atoms with E-state index in [1.807, 2.05) is 6.92 Å². The monoisotopic (exact) mass is 236 g/mol. The van der Waals surface area contributed by atoms with Crippen molar-refractivity contribution in [2.75, 3.05) is 7.11 Å². The quantitative estimate of drug-likeness (QED) is 0.812. The van der Waals surface area contributed by atoms with Gasteiger partial charge < -0.3 is 9.72 Å². The second kappa shape index (κ2) is 4.09. The van der Waals surface area contributed by atoms with E-state index in [1.54, 1.807) is 25.3 Å². The van der Waals surface area contributed by atoms with Gasteiger partial charge in [-0.3, -0.25) is 9.36 Å². The molecule has 0 unspecified atom stereocenters. The minimum atomic E-state index is -0.0832. The third-order valence-electron chi connectivity index (χ3n) is 2.51. The van der Waals surface area contributed by atoms with Crippen molar-refractivity contribution >= 4 is 23.1 Å². The molecule has 4 nitrogen and oxygen atoms in total. The molecule has 0 fully saturated rings. The molecule has 1 aromatic heterocycles. The lowest BCUT2D eigenvalue weighted by Gasteiger charge is -2.06. The fraction of sp³-hybridized carbons (Fsp3) is 0.273. The number of aromatic amines is 1. The topological polar surface area (TPSA) is 47.0 Å². The van der Waals surface area contributed by atoms with Crippen LogP contribution in [0.25, 0.3) is 10.9 Å². The van der Waals surface area contributed by atoms with E-state index < -0.39 is 0 Å². The second-order valence-electron chi connectivity index (χ2n) is 3.39. The van der Waals surface area contributed by atoms with Gasteiger partial charge in [0.25, 0.3) is 5.56 Å². The van der Waals surface area contributed by atoms with Crippen molar-refractivity contribution < 1.29 is 4.74 Å². The molecule has 0 aliphatic heterocycles.